The Hall–Kier alpha value is -8.98. The van der Waals surface area contributed by atoms with Crippen molar-refractivity contribution in [2.24, 2.45) is 0 Å². The Morgan fingerprint density at radius 1 is 0.221 bits per heavy atom. The Morgan fingerprint density at radius 3 is 0.926 bits per heavy atom. The van der Waals surface area contributed by atoms with Gasteiger partial charge in [-0.2, -0.15) is 0 Å². The SMILES string of the molecule is C(=C\c1cccc(-c2c3ccc(-n4c5ccccc5c5ccccc54)cc3c(-c3cccc(/C=C/c4ccccc4)c3)c3ccc(-n4c5ccccc5c5ccccc54)cc23)c1)/c1ccccc1. The van der Waals surface area contributed by atoms with Gasteiger partial charge in [-0.15, -0.1) is 0 Å². The second-order valence-corrected chi connectivity index (χ2v) is 17.7. The zero-order chi connectivity index (χ0) is 45.0. The highest BCUT2D eigenvalue weighted by molar-refractivity contribution is 6.23. The van der Waals surface area contributed by atoms with E-state index >= 15 is 0 Å². The van der Waals surface area contributed by atoms with Gasteiger partial charge in [-0.3, -0.25) is 0 Å². The van der Waals surface area contributed by atoms with E-state index in [9.17, 15) is 0 Å². The average molecular weight is 865 g/mol. The van der Waals surface area contributed by atoms with Crippen molar-refractivity contribution in [3.8, 4) is 33.6 Å². The lowest BCUT2D eigenvalue weighted by Gasteiger charge is -2.21. The number of hydrogen-bond donors (Lipinski definition) is 0. The van der Waals surface area contributed by atoms with E-state index in [1.54, 1.807) is 0 Å². The Morgan fingerprint density at radius 2 is 0.544 bits per heavy atom. The number of fused-ring (bicyclic) bond motifs is 8. The third kappa shape index (κ3) is 6.73. The zero-order valence-electron chi connectivity index (χ0n) is 37.3. The molecule has 0 unspecified atom stereocenters. The van der Waals surface area contributed by atoms with Crippen molar-refractivity contribution < 1.29 is 0 Å². The number of nitrogens with zero attached hydrogens (tertiary/aromatic N) is 2. The first-order valence-electron chi connectivity index (χ1n) is 23.4. The first-order chi connectivity index (χ1) is 33.7. The zero-order valence-corrected chi connectivity index (χ0v) is 37.3. The predicted molar refractivity (Wildman–Crippen MR) is 292 cm³/mol. The van der Waals surface area contributed by atoms with Crippen molar-refractivity contribution in [2.45, 2.75) is 0 Å². The molecule has 0 aliphatic carbocycles. The van der Waals surface area contributed by atoms with E-state index in [0.29, 0.717) is 0 Å². The van der Waals surface area contributed by atoms with Gasteiger partial charge in [-0.05, 0) is 127 Å². The minimum Gasteiger partial charge on any atom is -0.309 e. The van der Waals surface area contributed by atoms with Crippen LogP contribution in [0.2, 0.25) is 0 Å². The molecule has 2 heteroatoms. The van der Waals surface area contributed by atoms with E-state index in [0.717, 1.165) is 22.5 Å². The molecule has 0 saturated carbocycles. The molecule has 0 amide bonds. The number of para-hydroxylation sites is 4. The molecule has 0 saturated heterocycles. The normalized spacial score (nSPS) is 12.0. The van der Waals surface area contributed by atoms with E-state index in [2.05, 4.69) is 276 Å². The van der Waals surface area contributed by atoms with Crippen LogP contribution < -0.4 is 0 Å². The molecule has 0 fully saturated rings. The third-order valence-corrected chi connectivity index (χ3v) is 13.6. The lowest BCUT2D eigenvalue weighted by Crippen LogP contribution is -1.98. The molecular weight excluding hydrogens is 821 g/mol. The second-order valence-electron chi connectivity index (χ2n) is 17.7. The summed E-state index contributed by atoms with van der Waals surface area (Å²) in [7, 11) is 0. The molecule has 0 aliphatic rings. The molecule has 0 bridgehead atoms. The van der Waals surface area contributed by atoms with Crippen LogP contribution in [0.5, 0.6) is 0 Å². The topological polar surface area (TPSA) is 9.86 Å². The quantitative estimate of drug-likeness (QED) is 0.106. The third-order valence-electron chi connectivity index (χ3n) is 13.6. The maximum absolute atomic E-state index is 2.44. The summed E-state index contributed by atoms with van der Waals surface area (Å²) in [6.07, 6.45) is 8.87. The molecule has 0 aliphatic heterocycles. The fraction of sp³-hybridized carbons (Fsp3) is 0. The van der Waals surface area contributed by atoms with Crippen LogP contribution in [0.25, 0.3) is 123 Å². The van der Waals surface area contributed by atoms with Gasteiger partial charge in [0.15, 0.2) is 0 Å². The van der Waals surface area contributed by atoms with Gasteiger partial charge in [-0.25, -0.2) is 0 Å². The van der Waals surface area contributed by atoms with Crippen LogP contribution in [0, 0.1) is 0 Å². The molecule has 0 spiro atoms. The van der Waals surface area contributed by atoms with Crippen LogP contribution in [0.15, 0.2) is 243 Å². The molecule has 2 nitrogen and oxygen atoms in total. The van der Waals surface area contributed by atoms with Crippen LogP contribution in [0.3, 0.4) is 0 Å². The fourth-order valence-electron chi connectivity index (χ4n) is 10.6. The summed E-state index contributed by atoms with van der Waals surface area (Å²) < 4.78 is 4.88. The van der Waals surface area contributed by atoms with E-state index in [4.69, 9.17) is 0 Å². The van der Waals surface area contributed by atoms with E-state index in [-0.39, 0.29) is 0 Å². The summed E-state index contributed by atoms with van der Waals surface area (Å²) in [6, 6.07) is 88.7. The van der Waals surface area contributed by atoms with Gasteiger partial charge in [0.05, 0.1) is 22.1 Å². The molecule has 11 aromatic carbocycles. The van der Waals surface area contributed by atoms with Gasteiger partial charge in [0.25, 0.3) is 0 Å². The van der Waals surface area contributed by atoms with Crippen molar-refractivity contribution in [2.75, 3.05) is 0 Å². The molecule has 0 radical (unpaired) electrons. The lowest BCUT2D eigenvalue weighted by molar-refractivity contribution is 1.18. The smallest absolute Gasteiger partial charge is 0.0541 e. The predicted octanol–water partition coefficient (Wildman–Crippen LogP) is 17.9. The Bertz CT molecular complexity index is 3750. The van der Waals surface area contributed by atoms with Crippen LogP contribution in [-0.4, -0.2) is 9.13 Å². The summed E-state index contributed by atoms with van der Waals surface area (Å²) in [5, 5.41) is 9.79. The van der Waals surface area contributed by atoms with Crippen LogP contribution in [0.1, 0.15) is 22.3 Å². The second kappa shape index (κ2) is 16.5. The van der Waals surface area contributed by atoms with Gasteiger partial charge in [0.1, 0.15) is 0 Å². The summed E-state index contributed by atoms with van der Waals surface area (Å²) in [6.45, 7) is 0. The maximum Gasteiger partial charge on any atom is 0.0541 e. The van der Waals surface area contributed by atoms with Crippen LogP contribution in [0.4, 0.5) is 0 Å². The van der Waals surface area contributed by atoms with Gasteiger partial charge in [0.2, 0.25) is 0 Å². The van der Waals surface area contributed by atoms with Gasteiger partial charge >= 0.3 is 0 Å². The van der Waals surface area contributed by atoms with Crippen molar-refractivity contribution in [1.82, 2.24) is 9.13 Å². The molecule has 2 aromatic heterocycles. The van der Waals surface area contributed by atoms with E-state index in [1.165, 1.54) is 98.5 Å². The monoisotopic (exact) mass is 864 g/mol. The van der Waals surface area contributed by atoms with Crippen molar-refractivity contribution >= 4 is 89.5 Å². The highest BCUT2D eigenvalue weighted by atomic mass is 15.0. The van der Waals surface area contributed by atoms with E-state index in [1.807, 2.05) is 0 Å². The molecule has 68 heavy (non-hydrogen) atoms. The number of aromatic nitrogens is 2. The molecule has 13 rings (SSSR count). The number of hydrogen-bond acceptors (Lipinski definition) is 0. The summed E-state index contributed by atoms with van der Waals surface area (Å²) in [4.78, 5) is 0. The van der Waals surface area contributed by atoms with Crippen molar-refractivity contribution in [3.05, 3.63) is 265 Å². The van der Waals surface area contributed by atoms with Gasteiger partial charge in [0, 0.05) is 32.9 Å². The summed E-state index contributed by atoms with van der Waals surface area (Å²) in [5.41, 5.74) is 16.4. The Balaban J connectivity index is 1.13. The largest absolute Gasteiger partial charge is 0.309 e. The maximum atomic E-state index is 2.44. The van der Waals surface area contributed by atoms with Crippen LogP contribution in [-0.2, 0) is 0 Å². The number of rotatable bonds is 8. The van der Waals surface area contributed by atoms with Crippen molar-refractivity contribution in [1.29, 1.82) is 0 Å². The summed E-state index contributed by atoms with van der Waals surface area (Å²) >= 11 is 0. The molecular formula is C66H44N2. The first kappa shape index (κ1) is 39.4. The van der Waals surface area contributed by atoms with Crippen LogP contribution >= 0.6 is 0 Å². The van der Waals surface area contributed by atoms with Gasteiger partial charge in [-0.1, -0.05) is 206 Å². The minimum absolute atomic E-state index is 1.13. The lowest BCUT2D eigenvalue weighted by atomic mass is 9.85. The fourth-order valence-corrected chi connectivity index (χ4v) is 10.6. The molecule has 13 aromatic rings. The first-order valence-corrected chi connectivity index (χ1v) is 23.4. The molecule has 0 N–H and O–H groups in total. The highest BCUT2D eigenvalue weighted by Gasteiger charge is 2.21. The summed E-state index contributed by atoms with van der Waals surface area (Å²) in [5.74, 6) is 0. The molecule has 2 heterocycles. The van der Waals surface area contributed by atoms with Gasteiger partial charge < -0.3 is 9.13 Å². The minimum atomic E-state index is 1.13. The Labute approximate surface area is 395 Å². The number of benzene rings is 11. The van der Waals surface area contributed by atoms with E-state index < -0.39 is 0 Å². The molecule has 318 valence electrons. The van der Waals surface area contributed by atoms with Crippen molar-refractivity contribution in [3.63, 3.8) is 0 Å². The average Bonchev–Trinajstić information content (AvgIpc) is 3.92. The standard InChI is InChI=1S/C66H44N2/c1-3-17-45(18-4-1)33-35-47-21-15-23-49(41-47)65-57-39-37-52(68-63-31-13-9-27-55(63)56-28-10-14-32-64(56)68)44-60(57)66(50-24-16-22-48(42-50)36-34-46-19-5-2-6-20-46)58-40-38-51(43-59(58)65)67-61-29-11-7-25-53(61)54-26-8-12-30-62(54)67/h1-44H/b35-33+,36-34+. The molecule has 0 atom stereocenters. The Kier molecular flexibility index (Phi) is 9.54. The highest BCUT2D eigenvalue weighted by Crippen LogP contribution is 2.47.